The lowest BCUT2D eigenvalue weighted by molar-refractivity contribution is -0.114. The highest BCUT2D eigenvalue weighted by Gasteiger charge is 2.48. The Morgan fingerprint density at radius 3 is 2.88 bits per heavy atom. The number of nitrogens with one attached hydrogen (secondary N) is 1. The number of nitrogens with zero attached hydrogens (tertiary/aromatic N) is 3. The minimum Gasteiger partial charge on any atom is -0.378 e. The van der Waals surface area contributed by atoms with Gasteiger partial charge in [0.05, 0.1) is 12.6 Å². The summed E-state index contributed by atoms with van der Waals surface area (Å²) in [5.41, 5.74) is 0.203. The Balaban J connectivity index is 1.84. The Kier molecular flexibility index (Phi) is 3.49. The van der Waals surface area contributed by atoms with Gasteiger partial charge in [0, 0.05) is 25.1 Å². The third-order valence-corrected chi connectivity index (χ3v) is 3.86. The van der Waals surface area contributed by atoms with Crippen LogP contribution in [0.5, 0.6) is 0 Å². The van der Waals surface area contributed by atoms with Crippen LogP contribution in [0.3, 0.4) is 0 Å². The van der Waals surface area contributed by atoms with Crippen molar-refractivity contribution in [1.82, 2.24) is 20.1 Å². The molecule has 2 rings (SSSR count). The molecule has 0 amide bonds. The van der Waals surface area contributed by atoms with Crippen molar-refractivity contribution in [2.45, 2.75) is 45.9 Å². The molecule has 96 valence electrons. The van der Waals surface area contributed by atoms with Crippen molar-refractivity contribution < 1.29 is 4.74 Å². The lowest BCUT2D eigenvalue weighted by Crippen LogP contribution is -2.60. The zero-order valence-corrected chi connectivity index (χ0v) is 11.1. The van der Waals surface area contributed by atoms with Gasteiger partial charge in [-0.3, -0.25) is 4.68 Å². The summed E-state index contributed by atoms with van der Waals surface area (Å²) in [5, 5.41) is 7.60. The Labute approximate surface area is 103 Å². The fraction of sp³-hybridized carbons (Fsp3) is 0.833. The molecule has 5 heteroatoms. The Morgan fingerprint density at radius 1 is 1.59 bits per heavy atom. The van der Waals surface area contributed by atoms with E-state index in [0.717, 1.165) is 25.4 Å². The Hall–Kier alpha value is -0.940. The average molecular weight is 238 g/mol. The molecule has 17 heavy (non-hydrogen) atoms. The van der Waals surface area contributed by atoms with Crippen LogP contribution in [0.25, 0.3) is 0 Å². The fourth-order valence-corrected chi connectivity index (χ4v) is 2.41. The highest BCUT2D eigenvalue weighted by atomic mass is 16.5. The molecule has 0 spiro atoms. The van der Waals surface area contributed by atoms with E-state index in [4.69, 9.17) is 4.74 Å². The summed E-state index contributed by atoms with van der Waals surface area (Å²) in [6.45, 7) is 8.13. The number of hydrogen-bond acceptors (Lipinski definition) is 4. The van der Waals surface area contributed by atoms with Gasteiger partial charge in [-0.05, 0) is 13.3 Å². The molecule has 1 N–H and O–H groups in total. The van der Waals surface area contributed by atoms with Crippen molar-refractivity contribution in [2.24, 2.45) is 12.5 Å². The van der Waals surface area contributed by atoms with Gasteiger partial charge < -0.3 is 10.1 Å². The van der Waals surface area contributed by atoms with E-state index >= 15 is 0 Å². The molecule has 1 fully saturated rings. The van der Waals surface area contributed by atoms with Crippen LogP contribution in [0.4, 0.5) is 0 Å². The van der Waals surface area contributed by atoms with Crippen molar-refractivity contribution in [3.05, 3.63) is 12.2 Å². The van der Waals surface area contributed by atoms with Crippen LogP contribution in [0.15, 0.2) is 6.33 Å². The molecule has 0 aromatic carbocycles. The lowest BCUT2D eigenvalue weighted by atomic mass is 9.64. The van der Waals surface area contributed by atoms with Crippen LogP contribution in [0.2, 0.25) is 0 Å². The molecule has 0 unspecified atom stereocenters. The standard InChI is InChI=1S/C12H22N4O/c1-5-17-10-6-9(12(10,2)3)13-7-11-14-8-15-16(11)4/h8-10,13H,5-7H2,1-4H3/t9-,10-/m1/s1. The minimum absolute atomic E-state index is 0.203. The van der Waals surface area contributed by atoms with Crippen LogP contribution in [0, 0.1) is 5.41 Å². The normalized spacial score (nSPS) is 26.8. The molecule has 1 aromatic rings. The van der Waals surface area contributed by atoms with Gasteiger partial charge >= 0.3 is 0 Å². The quantitative estimate of drug-likeness (QED) is 0.835. The van der Waals surface area contributed by atoms with Gasteiger partial charge in [-0.1, -0.05) is 13.8 Å². The number of aromatic nitrogens is 3. The van der Waals surface area contributed by atoms with E-state index in [9.17, 15) is 0 Å². The van der Waals surface area contributed by atoms with Gasteiger partial charge in [0.2, 0.25) is 0 Å². The number of ether oxygens (including phenoxy) is 1. The topological polar surface area (TPSA) is 52.0 Å². The smallest absolute Gasteiger partial charge is 0.140 e. The second-order valence-electron chi connectivity index (χ2n) is 5.23. The maximum Gasteiger partial charge on any atom is 0.140 e. The van der Waals surface area contributed by atoms with Crippen molar-refractivity contribution >= 4 is 0 Å². The van der Waals surface area contributed by atoms with Crippen molar-refractivity contribution in [1.29, 1.82) is 0 Å². The highest BCUT2D eigenvalue weighted by Crippen LogP contribution is 2.42. The molecule has 0 bridgehead atoms. The van der Waals surface area contributed by atoms with Gasteiger partial charge in [-0.2, -0.15) is 5.10 Å². The van der Waals surface area contributed by atoms with Gasteiger partial charge in [0.1, 0.15) is 12.2 Å². The summed E-state index contributed by atoms with van der Waals surface area (Å²) in [5.74, 6) is 0.973. The molecule has 1 aromatic heterocycles. The highest BCUT2D eigenvalue weighted by molar-refractivity contribution is 5.03. The first-order chi connectivity index (χ1) is 8.05. The van der Waals surface area contributed by atoms with Gasteiger partial charge in [0.25, 0.3) is 0 Å². The van der Waals surface area contributed by atoms with Crippen LogP contribution < -0.4 is 5.32 Å². The van der Waals surface area contributed by atoms with Crippen LogP contribution in [0.1, 0.15) is 33.0 Å². The summed E-state index contributed by atoms with van der Waals surface area (Å²) in [7, 11) is 1.92. The molecule has 0 aliphatic heterocycles. The summed E-state index contributed by atoms with van der Waals surface area (Å²) in [6, 6.07) is 0.496. The van der Waals surface area contributed by atoms with E-state index in [0.29, 0.717) is 12.1 Å². The number of rotatable bonds is 5. The van der Waals surface area contributed by atoms with E-state index < -0.39 is 0 Å². The maximum absolute atomic E-state index is 5.71. The molecule has 1 heterocycles. The first-order valence-electron chi connectivity index (χ1n) is 6.23. The zero-order chi connectivity index (χ0) is 12.5. The third-order valence-electron chi connectivity index (χ3n) is 3.86. The molecule has 1 saturated carbocycles. The van der Waals surface area contributed by atoms with Gasteiger partial charge in [0.15, 0.2) is 0 Å². The van der Waals surface area contributed by atoms with Crippen molar-refractivity contribution in [3.8, 4) is 0 Å². The first-order valence-corrected chi connectivity index (χ1v) is 6.23. The van der Waals surface area contributed by atoms with Crippen molar-refractivity contribution in [2.75, 3.05) is 6.61 Å². The van der Waals surface area contributed by atoms with E-state index in [1.807, 2.05) is 7.05 Å². The molecule has 0 radical (unpaired) electrons. The summed E-state index contributed by atoms with van der Waals surface area (Å²) in [6.07, 6.45) is 3.05. The van der Waals surface area contributed by atoms with Crippen LogP contribution in [-0.4, -0.2) is 33.5 Å². The molecular weight excluding hydrogens is 216 g/mol. The van der Waals surface area contributed by atoms with Crippen LogP contribution >= 0.6 is 0 Å². The lowest BCUT2D eigenvalue weighted by Gasteiger charge is -2.51. The van der Waals surface area contributed by atoms with Crippen molar-refractivity contribution in [3.63, 3.8) is 0 Å². The van der Waals surface area contributed by atoms with E-state index in [-0.39, 0.29) is 5.41 Å². The summed E-state index contributed by atoms with van der Waals surface area (Å²) in [4.78, 5) is 4.21. The van der Waals surface area contributed by atoms with Gasteiger partial charge in [-0.15, -0.1) is 0 Å². The molecule has 0 saturated heterocycles. The summed E-state index contributed by atoms with van der Waals surface area (Å²) < 4.78 is 7.52. The molecule has 1 aliphatic rings. The first kappa shape index (κ1) is 12.5. The monoisotopic (exact) mass is 238 g/mol. The average Bonchev–Trinajstić information content (AvgIpc) is 2.68. The predicted octanol–water partition coefficient (Wildman–Crippen LogP) is 1.11. The molecular formula is C12H22N4O. The molecule has 1 aliphatic carbocycles. The largest absolute Gasteiger partial charge is 0.378 e. The van der Waals surface area contributed by atoms with Gasteiger partial charge in [-0.25, -0.2) is 4.98 Å². The fourth-order valence-electron chi connectivity index (χ4n) is 2.41. The maximum atomic E-state index is 5.71. The van der Waals surface area contributed by atoms with E-state index in [1.165, 1.54) is 0 Å². The molecule has 2 atom stereocenters. The van der Waals surface area contributed by atoms with E-state index in [1.54, 1.807) is 11.0 Å². The van der Waals surface area contributed by atoms with E-state index in [2.05, 4.69) is 36.2 Å². The zero-order valence-electron chi connectivity index (χ0n) is 11.1. The minimum atomic E-state index is 0.203. The predicted molar refractivity (Wildman–Crippen MR) is 65.4 cm³/mol. The second-order valence-corrected chi connectivity index (χ2v) is 5.23. The Morgan fingerprint density at radius 2 is 2.35 bits per heavy atom. The SMILES string of the molecule is CCO[C@@H]1C[C@@H](NCc2ncnn2C)C1(C)C. The van der Waals surface area contributed by atoms with Crippen LogP contribution in [-0.2, 0) is 18.3 Å². The summed E-state index contributed by atoms with van der Waals surface area (Å²) >= 11 is 0. The Bertz CT molecular complexity index is 374. The number of aryl methyl sites for hydroxylation is 1. The second kappa shape index (κ2) is 4.74. The third kappa shape index (κ3) is 2.35. The number of hydrogen-bond donors (Lipinski definition) is 1. The molecule has 5 nitrogen and oxygen atoms in total.